The molecule has 9 nitrogen and oxygen atoms in total. The normalized spacial score (nSPS) is 9.76. The molecule has 0 fully saturated rings. The number of benzene rings is 1. The Morgan fingerprint density at radius 3 is 2.43 bits per heavy atom. The van der Waals surface area contributed by atoms with E-state index in [0.717, 1.165) is 0 Å². The number of carbonyl (C=O) groups excluding carboxylic acids is 2. The quantitative estimate of drug-likeness (QED) is 0.546. The van der Waals surface area contributed by atoms with Gasteiger partial charge in [-0.2, -0.15) is 0 Å². The van der Waals surface area contributed by atoms with Crippen LogP contribution < -0.4 is 15.6 Å². The molecule has 0 saturated heterocycles. The summed E-state index contributed by atoms with van der Waals surface area (Å²) in [4.78, 5) is 32.7. The molecule has 21 heavy (non-hydrogen) atoms. The molecule has 0 saturated carbocycles. The van der Waals surface area contributed by atoms with Crippen LogP contribution in [0.2, 0.25) is 0 Å². The number of nitrogens with zero attached hydrogens (tertiary/aromatic N) is 1. The molecule has 2 amide bonds. The predicted octanol–water partition coefficient (Wildman–Crippen LogP) is 0.158. The number of ether oxygens (including phenoxy) is 2. The van der Waals surface area contributed by atoms with Gasteiger partial charge in [0.1, 0.15) is 6.61 Å². The standard InChI is InChI=1S/C12H15N3O6/c1-2-20-7-11(16)13-14-12(17)8-21-10-6-4-3-5-9(10)15(18)19/h3-6H,2,7-8H2,1H3,(H,13,16)(H,14,17). The maximum atomic E-state index is 11.4. The molecule has 0 radical (unpaired) electrons. The zero-order valence-electron chi connectivity index (χ0n) is 11.3. The van der Waals surface area contributed by atoms with Gasteiger partial charge in [0, 0.05) is 12.7 Å². The summed E-state index contributed by atoms with van der Waals surface area (Å²) in [6.07, 6.45) is 0. The first-order valence-electron chi connectivity index (χ1n) is 6.06. The Bertz CT molecular complexity index is 519. The summed E-state index contributed by atoms with van der Waals surface area (Å²) in [5.74, 6) is -1.20. The molecule has 1 aromatic rings. The second-order valence-electron chi connectivity index (χ2n) is 3.75. The molecular weight excluding hydrogens is 282 g/mol. The van der Waals surface area contributed by atoms with E-state index >= 15 is 0 Å². The van der Waals surface area contributed by atoms with Gasteiger partial charge in [-0.15, -0.1) is 0 Å². The van der Waals surface area contributed by atoms with Crippen molar-refractivity contribution in [1.82, 2.24) is 10.9 Å². The van der Waals surface area contributed by atoms with Crippen LogP contribution in [-0.4, -0.2) is 36.6 Å². The summed E-state index contributed by atoms with van der Waals surface area (Å²) in [6.45, 7) is 1.45. The first kappa shape index (κ1) is 16.4. The van der Waals surface area contributed by atoms with E-state index in [-0.39, 0.29) is 18.0 Å². The number of nitro benzene ring substituents is 1. The van der Waals surface area contributed by atoms with Gasteiger partial charge in [0.15, 0.2) is 12.4 Å². The topological polar surface area (TPSA) is 120 Å². The Kier molecular flexibility index (Phi) is 6.61. The van der Waals surface area contributed by atoms with Crippen molar-refractivity contribution in [1.29, 1.82) is 0 Å². The van der Waals surface area contributed by atoms with Crippen LogP contribution in [0.15, 0.2) is 24.3 Å². The summed E-state index contributed by atoms with van der Waals surface area (Å²) in [5.41, 5.74) is 3.97. The monoisotopic (exact) mass is 297 g/mol. The van der Waals surface area contributed by atoms with Crippen molar-refractivity contribution in [3.05, 3.63) is 34.4 Å². The van der Waals surface area contributed by atoms with Gasteiger partial charge in [0.2, 0.25) is 0 Å². The Balaban J connectivity index is 2.40. The van der Waals surface area contributed by atoms with Crippen LogP contribution in [-0.2, 0) is 14.3 Å². The third kappa shape index (κ3) is 5.87. The summed E-state index contributed by atoms with van der Waals surface area (Å²) >= 11 is 0. The average molecular weight is 297 g/mol. The minimum atomic E-state index is -0.655. The van der Waals surface area contributed by atoms with E-state index in [4.69, 9.17) is 9.47 Å². The molecule has 2 N–H and O–H groups in total. The van der Waals surface area contributed by atoms with Gasteiger partial charge < -0.3 is 9.47 Å². The highest BCUT2D eigenvalue weighted by Crippen LogP contribution is 2.25. The van der Waals surface area contributed by atoms with Crippen molar-refractivity contribution in [2.45, 2.75) is 6.92 Å². The Labute approximate surface area is 120 Å². The fourth-order valence-electron chi connectivity index (χ4n) is 1.28. The highest BCUT2D eigenvalue weighted by atomic mass is 16.6. The van der Waals surface area contributed by atoms with Crippen LogP contribution in [0.5, 0.6) is 5.75 Å². The maximum absolute atomic E-state index is 11.4. The zero-order chi connectivity index (χ0) is 15.7. The zero-order valence-corrected chi connectivity index (χ0v) is 11.3. The molecule has 0 unspecified atom stereocenters. The second kappa shape index (κ2) is 8.48. The van der Waals surface area contributed by atoms with Gasteiger partial charge in [-0.25, -0.2) is 0 Å². The van der Waals surface area contributed by atoms with E-state index in [2.05, 4.69) is 10.9 Å². The molecule has 114 valence electrons. The van der Waals surface area contributed by atoms with E-state index in [1.165, 1.54) is 18.2 Å². The molecule has 0 atom stereocenters. The first-order valence-corrected chi connectivity index (χ1v) is 6.06. The lowest BCUT2D eigenvalue weighted by Crippen LogP contribution is -2.45. The molecule has 1 rings (SSSR count). The minimum absolute atomic E-state index is 0.0294. The molecule has 0 aliphatic carbocycles. The van der Waals surface area contributed by atoms with Gasteiger partial charge in [-0.05, 0) is 13.0 Å². The number of carbonyl (C=O) groups is 2. The van der Waals surface area contributed by atoms with Crippen LogP contribution in [0.4, 0.5) is 5.69 Å². The lowest BCUT2D eigenvalue weighted by Gasteiger charge is -2.08. The van der Waals surface area contributed by atoms with Gasteiger partial charge in [0.25, 0.3) is 11.8 Å². The highest BCUT2D eigenvalue weighted by molar-refractivity contribution is 5.83. The molecule has 0 bridgehead atoms. The van der Waals surface area contributed by atoms with Gasteiger partial charge in [-0.1, -0.05) is 12.1 Å². The third-order valence-corrected chi connectivity index (χ3v) is 2.20. The lowest BCUT2D eigenvalue weighted by molar-refractivity contribution is -0.385. The van der Waals surface area contributed by atoms with E-state index in [1.54, 1.807) is 13.0 Å². The van der Waals surface area contributed by atoms with E-state index in [9.17, 15) is 19.7 Å². The summed E-state index contributed by atoms with van der Waals surface area (Å²) in [7, 11) is 0. The van der Waals surface area contributed by atoms with E-state index in [0.29, 0.717) is 6.61 Å². The largest absolute Gasteiger partial charge is 0.477 e. The SMILES string of the molecule is CCOCC(=O)NNC(=O)COc1ccccc1[N+](=O)[O-]. The number of amides is 2. The van der Waals surface area contributed by atoms with Gasteiger partial charge in [0.05, 0.1) is 4.92 Å². The predicted molar refractivity (Wildman–Crippen MR) is 71.4 cm³/mol. The van der Waals surface area contributed by atoms with Crippen molar-refractivity contribution >= 4 is 17.5 Å². The smallest absolute Gasteiger partial charge is 0.310 e. The van der Waals surface area contributed by atoms with Crippen LogP contribution in [0.1, 0.15) is 6.92 Å². The Morgan fingerprint density at radius 2 is 1.81 bits per heavy atom. The number of rotatable bonds is 7. The minimum Gasteiger partial charge on any atom is -0.477 e. The van der Waals surface area contributed by atoms with Gasteiger partial charge >= 0.3 is 5.69 Å². The van der Waals surface area contributed by atoms with Crippen LogP contribution in [0, 0.1) is 10.1 Å². The molecule has 1 aromatic carbocycles. The fraction of sp³-hybridized carbons (Fsp3) is 0.333. The molecule has 0 aliphatic rings. The fourth-order valence-corrected chi connectivity index (χ4v) is 1.28. The summed E-state index contributed by atoms with van der Waals surface area (Å²) < 4.78 is 9.87. The number of para-hydroxylation sites is 2. The lowest BCUT2D eigenvalue weighted by atomic mass is 10.3. The van der Waals surface area contributed by atoms with Crippen molar-refractivity contribution in [3.63, 3.8) is 0 Å². The molecule has 0 aromatic heterocycles. The van der Waals surface area contributed by atoms with Gasteiger partial charge in [-0.3, -0.25) is 30.6 Å². The molecule has 0 heterocycles. The van der Waals surface area contributed by atoms with Crippen LogP contribution >= 0.6 is 0 Å². The number of hydrogen-bond acceptors (Lipinski definition) is 6. The van der Waals surface area contributed by atoms with Crippen molar-refractivity contribution in [2.75, 3.05) is 19.8 Å². The number of nitro groups is 1. The molecule has 0 spiro atoms. The van der Waals surface area contributed by atoms with E-state index in [1.807, 2.05) is 0 Å². The van der Waals surface area contributed by atoms with Crippen molar-refractivity contribution in [3.8, 4) is 5.75 Å². The number of nitrogens with one attached hydrogen (secondary N) is 2. The Hall–Kier alpha value is -2.68. The molecule has 0 aliphatic heterocycles. The van der Waals surface area contributed by atoms with E-state index < -0.39 is 23.3 Å². The second-order valence-corrected chi connectivity index (χ2v) is 3.75. The molecule has 9 heteroatoms. The summed E-state index contributed by atoms with van der Waals surface area (Å²) in [5, 5.41) is 10.7. The van der Waals surface area contributed by atoms with Crippen molar-refractivity contribution in [2.24, 2.45) is 0 Å². The Morgan fingerprint density at radius 1 is 1.19 bits per heavy atom. The number of hydrazine groups is 1. The van der Waals surface area contributed by atoms with Crippen LogP contribution in [0.3, 0.4) is 0 Å². The first-order chi connectivity index (χ1) is 10.0. The summed E-state index contributed by atoms with van der Waals surface area (Å²) in [6, 6.07) is 5.67. The third-order valence-electron chi connectivity index (χ3n) is 2.20. The van der Waals surface area contributed by atoms with Crippen LogP contribution in [0.25, 0.3) is 0 Å². The maximum Gasteiger partial charge on any atom is 0.310 e. The molecular formula is C12H15N3O6. The number of hydrogen-bond donors (Lipinski definition) is 2. The average Bonchev–Trinajstić information content (AvgIpc) is 2.48. The van der Waals surface area contributed by atoms with Crippen molar-refractivity contribution < 1.29 is 24.0 Å². The highest BCUT2D eigenvalue weighted by Gasteiger charge is 2.15.